The predicted molar refractivity (Wildman–Crippen MR) is 81.5 cm³/mol. The van der Waals surface area contributed by atoms with Crippen LogP contribution in [0.4, 0.5) is 5.69 Å². The Morgan fingerprint density at radius 1 is 1.21 bits per heavy atom. The van der Waals surface area contributed by atoms with E-state index >= 15 is 0 Å². The number of allylic oxidation sites excluding steroid dienone is 1. The lowest BCUT2D eigenvalue weighted by molar-refractivity contribution is 0.477. The minimum atomic E-state index is 0.110. The van der Waals surface area contributed by atoms with Crippen LogP contribution in [0.5, 0.6) is 5.75 Å². The van der Waals surface area contributed by atoms with Crippen molar-refractivity contribution in [3.8, 4) is 5.75 Å². The number of phenols is 1. The highest BCUT2D eigenvalue weighted by Crippen LogP contribution is 2.29. The molecule has 0 spiro atoms. The molecule has 0 bridgehead atoms. The number of hydrogen-bond donors (Lipinski definition) is 1. The van der Waals surface area contributed by atoms with Crippen LogP contribution < -0.4 is 0 Å². The molecule has 2 aromatic carbocycles. The van der Waals surface area contributed by atoms with Gasteiger partial charge in [0.15, 0.2) is 0 Å². The van der Waals surface area contributed by atoms with Crippen molar-refractivity contribution in [2.45, 2.75) is 6.92 Å². The van der Waals surface area contributed by atoms with E-state index < -0.39 is 0 Å². The van der Waals surface area contributed by atoms with Gasteiger partial charge in [-0.05, 0) is 36.2 Å². The molecule has 0 aliphatic rings. The summed E-state index contributed by atoms with van der Waals surface area (Å²) in [6.45, 7) is 5.85. The third-order valence-corrected chi connectivity index (χ3v) is 2.93. The van der Waals surface area contributed by atoms with Gasteiger partial charge >= 0.3 is 0 Å². The largest absolute Gasteiger partial charge is 0.506 e. The Morgan fingerprint density at radius 2 is 1.89 bits per heavy atom. The van der Waals surface area contributed by atoms with Gasteiger partial charge in [-0.25, -0.2) is 0 Å². The second-order valence-corrected chi connectivity index (χ2v) is 4.73. The van der Waals surface area contributed by atoms with Gasteiger partial charge in [0.1, 0.15) is 11.4 Å². The van der Waals surface area contributed by atoms with Crippen LogP contribution in [0.3, 0.4) is 0 Å². The topological polar surface area (TPSA) is 32.6 Å². The maximum Gasteiger partial charge on any atom is 0.141 e. The quantitative estimate of drug-likeness (QED) is 0.797. The fraction of sp³-hybridized carbons (Fsp3) is 0.0625. The number of halogens is 1. The van der Waals surface area contributed by atoms with E-state index in [1.54, 1.807) is 18.3 Å². The number of rotatable bonds is 3. The summed E-state index contributed by atoms with van der Waals surface area (Å²) in [4.78, 5) is 4.23. The minimum Gasteiger partial charge on any atom is -0.506 e. The average molecular weight is 272 g/mol. The maximum absolute atomic E-state index is 9.65. The van der Waals surface area contributed by atoms with Gasteiger partial charge < -0.3 is 5.11 Å². The van der Waals surface area contributed by atoms with Crippen molar-refractivity contribution in [2.75, 3.05) is 0 Å². The maximum atomic E-state index is 9.65. The Balaban J connectivity index is 2.22. The molecule has 0 atom stereocenters. The van der Waals surface area contributed by atoms with Crippen molar-refractivity contribution in [1.29, 1.82) is 0 Å². The van der Waals surface area contributed by atoms with E-state index in [-0.39, 0.29) is 5.75 Å². The highest BCUT2D eigenvalue weighted by molar-refractivity contribution is 6.30. The van der Waals surface area contributed by atoms with Crippen LogP contribution in [0, 0.1) is 0 Å². The van der Waals surface area contributed by atoms with Crippen molar-refractivity contribution in [3.05, 3.63) is 65.2 Å². The Bertz CT molecular complexity index is 630. The number of phenolic OH excluding ortho intramolecular Hbond substituents is 1. The van der Waals surface area contributed by atoms with Gasteiger partial charge in [0.25, 0.3) is 0 Å². The zero-order valence-corrected chi connectivity index (χ0v) is 11.4. The standard InChI is InChI=1S/C16H14ClNO/c1-11(2)13-5-3-12(4-6-13)10-18-15-9-14(17)7-8-16(15)19/h3-10,19H,1H2,2H3. The first-order valence-electron chi connectivity index (χ1n) is 5.85. The van der Waals surface area contributed by atoms with Crippen molar-refractivity contribution >= 4 is 29.1 Å². The summed E-state index contributed by atoms with van der Waals surface area (Å²) in [5.41, 5.74) is 3.53. The van der Waals surface area contributed by atoms with Gasteiger partial charge in [0, 0.05) is 11.2 Å². The Morgan fingerprint density at radius 3 is 2.53 bits per heavy atom. The molecule has 0 aromatic heterocycles. The minimum absolute atomic E-state index is 0.110. The van der Waals surface area contributed by atoms with Crippen LogP contribution in [0.2, 0.25) is 5.02 Å². The van der Waals surface area contributed by atoms with Crippen LogP contribution in [0.25, 0.3) is 5.57 Å². The van der Waals surface area contributed by atoms with Gasteiger partial charge in [-0.15, -0.1) is 0 Å². The molecule has 0 unspecified atom stereocenters. The summed E-state index contributed by atoms with van der Waals surface area (Å²) in [5, 5.41) is 10.2. The molecular weight excluding hydrogens is 258 g/mol. The lowest BCUT2D eigenvalue weighted by Crippen LogP contribution is -1.83. The number of hydrogen-bond acceptors (Lipinski definition) is 2. The molecule has 0 heterocycles. The van der Waals surface area contributed by atoms with E-state index in [4.69, 9.17) is 11.6 Å². The first-order valence-corrected chi connectivity index (χ1v) is 6.22. The molecule has 0 saturated heterocycles. The number of nitrogens with zero attached hydrogens (tertiary/aromatic N) is 1. The Hall–Kier alpha value is -2.06. The van der Waals surface area contributed by atoms with Crippen molar-refractivity contribution < 1.29 is 5.11 Å². The van der Waals surface area contributed by atoms with Crippen LogP contribution in [-0.4, -0.2) is 11.3 Å². The van der Waals surface area contributed by atoms with E-state index in [1.807, 2.05) is 31.2 Å². The third kappa shape index (κ3) is 3.46. The molecular formula is C16H14ClNO. The summed E-state index contributed by atoms with van der Waals surface area (Å²) >= 11 is 5.86. The summed E-state index contributed by atoms with van der Waals surface area (Å²) in [6.07, 6.45) is 1.69. The Labute approximate surface area is 117 Å². The zero-order chi connectivity index (χ0) is 13.8. The second kappa shape index (κ2) is 5.72. The third-order valence-electron chi connectivity index (χ3n) is 2.69. The van der Waals surface area contributed by atoms with Gasteiger partial charge in [-0.3, -0.25) is 4.99 Å². The molecule has 0 radical (unpaired) electrons. The van der Waals surface area contributed by atoms with E-state index in [1.165, 1.54) is 6.07 Å². The first-order chi connectivity index (χ1) is 9.06. The van der Waals surface area contributed by atoms with Gasteiger partial charge in [0.05, 0.1) is 0 Å². The molecule has 0 amide bonds. The van der Waals surface area contributed by atoms with Gasteiger partial charge in [-0.1, -0.05) is 48.0 Å². The summed E-state index contributed by atoms with van der Waals surface area (Å²) in [7, 11) is 0. The van der Waals surface area contributed by atoms with E-state index in [2.05, 4.69) is 11.6 Å². The van der Waals surface area contributed by atoms with Crippen molar-refractivity contribution in [2.24, 2.45) is 4.99 Å². The fourth-order valence-corrected chi connectivity index (χ4v) is 1.76. The van der Waals surface area contributed by atoms with Gasteiger partial charge in [-0.2, -0.15) is 0 Å². The number of benzene rings is 2. The van der Waals surface area contributed by atoms with Crippen LogP contribution in [0.1, 0.15) is 18.1 Å². The smallest absolute Gasteiger partial charge is 0.141 e. The summed E-state index contributed by atoms with van der Waals surface area (Å²) < 4.78 is 0. The van der Waals surface area contributed by atoms with E-state index in [0.717, 1.165) is 16.7 Å². The number of aliphatic imine (C=N–C) groups is 1. The predicted octanol–water partition coefficient (Wildman–Crippen LogP) is 4.83. The summed E-state index contributed by atoms with van der Waals surface area (Å²) in [5.74, 6) is 0.110. The van der Waals surface area contributed by atoms with Crippen LogP contribution in [-0.2, 0) is 0 Å². The van der Waals surface area contributed by atoms with Gasteiger partial charge in [0.2, 0.25) is 0 Å². The van der Waals surface area contributed by atoms with Crippen LogP contribution in [0.15, 0.2) is 54.0 Å². The van der Waals surface area contributed by atoms with E-state index in [9.17, 15) is 5.11 Å². The molecule has 0 aliphatic heterocycles. The molecule has 2 rings (SSSR count). The molecule has 1 N–H and O–H groups in total. The highest BCUT2D eigenvalue weighted by atomic mass is 35.5. The SMILES string of the molecule is C=C(C)c1ccc(C=Nc2cc(Cl)ccc2O)cc1. The Kier molecular flexibility index (Phi) is 4.03. The summed E-state index contributed by atoms with van der Waals surface area (Å²) in [6, 6.07) is 12.7. The molecule has 2 nitrogen and oxygen atoms in total. The molecule has 2 aromatic rings. The zero-order valence-electron chi connectivity index (χ0n) is 10.6. The molecule has 0 aliphatic carbocycles. The monoisotopic (exact) mass is 271 g/mol. The lowest BCUT2D eigenvalue weighted by Gasteiger charge is -2.01. The highest BCUT2D eigenvalue weighted by Gasteiger charge is 1.99. The second-order valence-electron chi connectivity index (χ2n) is 4.29. The van der Waals surface area contributed by atoms with E-state index in [0.29, 0.717) is 10.7 Å². The lowest BCUT2D eigenvalue weighted by atomic mass is 10.1. The van der Waals surface area contributed by atoms with Crippen molar-refractivity contribution in [3.63, 3.8) is 0 Å². The number of aromatic hydroxyl groups is 1. The fourth-order valence-electron chi connectivity index (χ4n) is 1.60. The molecule has 0 fully saturated rings. The molecule has 0 saturated carbocycles. The molecule has 3 heteroatoms. The van der Waals surface area contributed by atoms with Crippen LogP contribution >= 0.6 is 11.6 Å². The first kappa shape index (κ1) is 13.4. The average Bonchev–Trinajstić information content (AvgIpc) is 2.40. The molecule has 19 heavy (non-hydrogen) atoms. The normalized spacial score (nSPS) is 10.8. The molecule has 96 valence electrons. The van der Waals surface area contributed by atoms with Crippen molar-refractivity contribution in [1.82, 2.24) is 0 Å².